The van der Waals surface area contributed by atoms with E-state index >= 15 is 0 Å². The second kappa shape index (κ2) is 5.00. The van der Waals surface area contributed by atoms with Gasteiger partial charge in [0.15, 0.2) is 5.82 Å². The molecule has 2 aromatic heterocycles. The van der Waals surface area contributed by atoms with Crippen LogP contribution in [0, 0.1) is 6.92 Å². The normalized spacial score (nSPS) is 11.5. The van der Waals surface area contributed by atoms with E-state index < -0.39 is 10.0 Å². The summed E-state index contributed by atoms with van der Waals surface area (Å²) in [5.41, 5.74) is 0.708. The maximum absolute atomic E-state index is 12.0. The summed E-state index contributed by atoms with van der Waals surface area (Å²) in [7, 11) is -3.71. The molecule has 1 N–H and O–H groups in total. The van der Waals surface area contributed by atoms with Crippen molar-refractivity contribution >= 4 is 50.4 Å². The Hall–Kier alpha value is -0.890. The van der Waals surface area contributed by atoms with Gasteiger partial charge in [-0.1, -0.05) is 23.2 Å². The minimum atomic E-state index is -3.71. The molecule has 2 rings (SSSR count). The number of nitrogens with zero attached hydrogens (tertiary/aromatic N) is 2. The third-order valence-electron chi connectivity index (χ3n) is 1.94. The molecule has 96 valence electrons. The van der Waals surface area contributed by atoms with Crippen LogP contribution in [0.25, 0.3) is 0 Å². The van der Waals surface area contributed by atoms with Gasteiger partial charge in [0, 0.05) is 0 Å². The largest absolute Gasteiger partial charge is 0.272 e. The van der Waals surface area contributed by atoms with Crippen molar-refractivity contribution in [2.45, 2.75) is 11.1 Å². The lowest BCUT2D eigenvalue weighted by atomic mass is 10.4. The molecular weight excluding hydrogens is 317 g/mol. The minimum absolute atomic E-state index is 0.0599. The van der Waals surface area contributed by atoms with Crippen molar-refractivity contribution in [3.05, 3.63) is 33.5 Å². The number of halogens is 2. The molecule has 0 atom stereocenters. The van der Waals surface area contributed by atoms with Gasteiger partial charge in [-0.15, -0.1) is 11.3 Å². The Labute approximate surface area is 118 Å². The highest BCUT2D eigenvalue weighted by atomic mass is 35.5. The zero-order valence-electron chi connectivity index (χ0n) is 9.02. The molecule has 0 amide bonds. The summed E-state index contributed by atoms with van der Waals surface area (Å²) in [6.45, 7) is 1.73. The summed E-state index contributed by atoms with van der Waals surface area (Å²) in [6.07, 6.45) is 2.58. The van der Waals surface area contributed by atoms with Crippen LogP contribution < -0.4 is 4.72 Å². The molecule has 0 fully saturated rings. The summed E-state index contributed by atoms with van der Waals surface area (Å²) in [5, 5.41) is 0.107. The van der Waals surface area contributed by atoms with Crippen LogP contribution in [0.1, 0.15) is 5.56 Å². The highest BCUT2D eigenvalue weighted by molar-refractivity contribution is 7.94. The van der Waals surface area contributed by atoms with Gasteiger partial charge in [0.25, 0.3) is 10.0 Å². The van der Waals surface area contributed by atoms with Crippen molar-refractivity contribution in [1.29, 1.82) is 0 Å². The lowest BCUT2D eigenvalue weighted by molar-refractivity contribution is 0.603. The molecule has 2 heterocycles. The number of aromatic nitrogens is 2. The summed E-state index contributed by atoms with van der Waals surface area (Å²) in [4.78, 5) is 7.54. The van der Waals surface area contributed by atoms with E-state index in [1.165, 1.54) is 18.5 Å². The van der Waals surface area contributed by atoms with Crippen LogP contribution in [-0.4, -0.2) is 18.4 Å². The van der Waals surface area contributed by atoms with Gasteiger partial charge in [-0.3, -0.25) is 9.71 Å². The molecule has 9 heteroatoms. The summed E-state index contributed by atoms with van der Waals surface area (Å²) < 4.78 is 26.9. The first-order valence-corrected chi connectivity index (χ1v) is 7.70. The molecule has 18 heavy (non-hydrogen) atoms. The molecule has 0 unspecified atom stereocenters. The summed E-state index contributed by atoms with van der Waals surface area (Å²) in [5.74, 6) is 0.0599. The second-order valence-corrected chi connectivity index (χ2v) is 7.31. The first kappa shape index (κ1) is 13.5. The van der Waals surface area contributed by atoms with Gasteiger partial charge in [0.2, 0.25) is 0 Å². The van der Waals surface area contributed by atoms with E-state index in [0.29, 0.717) is 9.90 Å². The molecule has 0 aliphatic carbocycles. The van der Waals surface area contributed by atoms with Crippen LogP contribution in [0.15, 0.2) is 22.7 Å². The van der Waals surface area contributed by atoms with Crippen molar-refractivity contribution in [3.63, 3.8) is 0 Å². The molecule has 0 bridgehead atoms. The van der Waals surface area contributed by atoms with Gasteiger partial charge >= 0.3 is 0 Å². The molecular formula is C9H7Cl2N3O2S2. The molecule has 0 saturated carbocycles. The van der Waals surface area contributed by atoms with E-state index in [1.807, 2.05) is 0 Å². The van der Waals surface area contributed by atoms with Crippen LogP contribution >= 0.6 is 34.5 Å². The molecule has 0 saturated heterocycles. The molecule has 0 radical (unpaired) electrons. The van der Waals surface area contributed by atoms with Gasteiger partial charge in [0.1, 0.15) is 9.36 Å². The monoisotopic (exact) mass is 323 g/mol. The number of hydrogen-bond donors (Lipinski definition) is 1. The second-order valence-electron chi connectivity index (χ2n) is 3.35. The number of nitrogens with one attached hydrogen (secondary N) is 1. The standard InChI is InChI=1S/C9H7Cl2N3O2S2/c1-5-2-8(17-9(5)11)18(15,16)14-7-4-12-3-6(10)13-7/h2-4H,1H3,(H,13,14). The number of rotatable bonds is 3. The highest BCUT2D eigenvalue weighted by Crippen LogP contribution is 2.30. The number of hydrogen-bond acceptors (Lipinski definition) is 5. The van der Waals surface area contributed by atoms with Crippen molar-refractivity contribution < 1.29 is 8.42 Å². The van der Waals surface area contributed by atoms with Gasteiger partial charge in [0.05, 0.1) is 16.7 Å². The number of sulfonamides is 1. The van der Waals surface area contributed by atoms with Gasteiger partial charge in [-0.2, -0.15) is 0 Å². The van der Waals surface area contributed by atoms with Gasteiger partial charge in [-0.05, 0) is 18.6 Å². The molecule has 0 aliphatic rings. The average molecular weight is 324 g/mol. The van der Waals surface area contributed by atoms with Crippen molar-refractivity contribution in [2.75, 3.05) is 4.72 Å². The topological polar surface area (TPSA) is 72.0 Å². The number of aryl methyl sites for hydroxylation is 1. The third kappa shape index (κ3) is 2.92. The van der Waals surface area contributed by atoms with Gasteiger partial charge in [-0.25, -0.2) is 13.4 Å². The van der Waals surface area contributed by atoms with Crippen LogP contribution in [0.4, 0.5) is 5.82 Å². The highest BCUT2D eigenvalue weighted by Gasteiger charge is 2.19. The van der Waals surface area contributed by atoms with Crippen LogP contribution in [-0.2, 0) is 10.0 Å². The minimum Gasteiger partial charge on any atom is -0.261 e. The average Bonchev–Trinajstić information content (AvgIpc) is 2.59. The molecule has 0 aliphatic heterocycles. The fourth-order valence-corrected chi connectivity index (χ4v) is 3.98. The van der Waals surface area contributed by atoms with E-state index in [1.54, 1.807) is 6.92 Å². The molecule has 0 spiro atoms. The van der Waals surface area contributed by atoms with Crippen LogP contribution in [0.2, 0.25) is 9.49 Å². The number of anilines is 1. The Bertz CT molecular complexity index is 665. The van der Waals surface area contributed by atoms with E-state index in [2.05, 4.69) is 14.7 Å². The maximum Gasteiger partial charge on any atom is 0.272 e. The fourth-order valence-electron chi connectivity index (χ4n) is 1.14. The predicted molar refractivity (Wildman–Crippen MR) is 71.9 cm³/mol. The Kier molecular flexibility index (Phi) is 3.76. The summed E-state index contributed by atoms with van der Waals surface area (Å²) in [6, 6.07) is 1.49. The van der Waals surface area contributed by atoms with Crippen molar-refractivity contribution in [2.24, 2.45) is 0 Å². The van der Waals surface area contributed by atoms with E-state index in [9.17, 15) is 8.42 Å². The summed E-state index contributed by atoms with van der Waals surface area (Å²) >= 11 is 12.4. The van der Waals surface area contributed by atoms with Crippen molar-refractivity contribution in [1.82, 2.24) is 9.97 Å². The third-order valence-corrected chi connectivity index (χ3v) is 5.51. The van der Waals surface area contributed by atoms with Crippen molar-refractivity contribution in [3.8, 4) is 0 Å². The smallest absolute Gasteiger partial charge is 0.261 e. The quantitative estimate of drug-likeness (QED) is 0.942. The Morgan fingerprint density at radius 2 is 2.06 bits per heavy atom. The SMILES string of the molecule is Cc1cc(S(=O)(=O)Nc2cncc(Cl)n2)sc1Cl. The number of thiophene rings is 1. The lowest BCUT2D eigenvalue weighted by Gasteiger charge is -2.04. The lowest BCUT2D eigenvalue weighted by Crippen LogP contribution is -2.12. The van der Waals surface area contributed by atoms with E-state index in [4.69, 9.17) is 23.2 Å². The van der Waals surface area contributed by atoms with Crippen LogP contribution in [0.3, 0.4) is 0 Å². The van der Waals surface area contributed by atoms with E-state index in [0.717, 1.165) is 11.3 Å². The molecule has 2 aromatic rings. The van der Waals surface area contributed by atoms with Gasteiger partial charge < -0.3 is 0 Å². The zero-order valence-corrected chi connectivity index (χ0v) is 12.2. The Morgan fingerprint density at radius 3 is 2.61 bits per heavy atom. The van der Waals surface area contributed by atoms with Crippen LogP contribution in [0.5, 0.6) is 0 Å². The maximum atomic E-state index is 12.0. The molecule has 0 aromatic carbocycles. The Morgan fingerprint density at radius 1 is 1.33 bits per heavy atom. The first-order valence-electron chi connectivity index (χ1n) is 4.65. The first-order chi connectivity index (χ1) is 8.38. The predicted octanol–water partition coefficient (Wildman–Crippen LogP) is 2.95. The fraction of sp³-hybridized carbons (Fsp3) is 0.111. The Balaban J connectivity index is 2.33. The molecule has 5 nitrogen and oxygen atoms in total. The van der Waals surface area contributed by atoms with E-state index in [-0.39, 0.29) is 15.2 Å². The zero-order chi connectivity index (χ0) is 13.3.